The highest BCUT2D eigenvalue weighted by Crippen LogP contribution is 2.41. The van der Waals surface area contributed by atoms with Gasteiger partial charge in [0.05, 0.1) is 12.2 Å². The fourth-order valence-electron chi connectivity index (χ4n) is 4.99. The first-order valence-electron chi connectivity index (χ1n) is 11.6. The van der Waals surface area contributed by atoms with Gasteiger partial charge in [0, 0.05) is 25.2 Å². The Hall–Kier alpha value is -2.27. The molecule has 2 aliphatic rings. The topological polar surface area (TPSA) is 45.9 Å². The molecule has 0 N–H and O–H groups in total. The van der Waals surface area contributed by atoms with Crippen molar-refractivity contribution < 1.29 is 13.9 Å². The van der Waals surface area contributed by atoms with Crippen molar-refractivity contribution in [1.82, 2.24) is 9.80 Å². The molecule has 1 amide bonds. The lowest BCUT2D eigenvalue weighted by Gasteiger charge is -2.39. The molecule has 1 spiro atoms. The van der Waals surface area contributed by atoms with Crippen LogP contribution in [0.15, 0.2) is 34.7 Å². The van der Waals surface area contributed by atoms with Gasteiger partial charge in [-0.05, 0) is 69.7 Å². The normalized spacial score (nSPS) is 18.8. The van der Waals surface area contributed by atoms with E-state index in [2.05, 4.69) is 43.0 Å². The molecular weight excluding hydrogens is 388 g/mol. The first kappa shape index (κ1) is 21.9. The highest BCUT2D eigenvalue weighted by molar-refractivity contribution is 5.95. The van der Waals surface area contributed by atoms with Crippen molar-refractivity contribution in [3.05, 3.63) is 53.0 Å². The number of nitrogens with zero attached hydrogens (tertiary/aromatic N) is 2. The van der Waals surface area contributed by atoms with Crippen LogP contribution >= 0.6 is 0 Å². The Morgan fingerprint density at radius 2 is 1.84 bits per heavy atom. The van der Waals surface area contributed by atoms with Crippen LogP contribution in [0, 0.1) is 25.2 Å². The van der Waals surface area contributed by atoms with Crippen LogP contribution in [0.4, 0.5) is 0 Å². The van der Waals surface area contributed by atoms with E-state index in [1.807, 2.05) is 24.8 Å². The highest BCUT2D eigenvalue weighted by Gasteiger charge is 2.42. The molecule has 1 aromatic carbocycles. The molecule has 2 aliphatic heterocycles. The first-order valence-corrected chi connectivity index (χ1v) is 11.6. The molecule has 0 aliphatic carbocycles. The van der Waals surface area contributed by atoms with Gasteiger partial charge in [-0.15, -0.1) is 0 Å². The van der Waals surface area contributed by atoms with Crippen molar-refractivity contribution in [1.29, 1.82) is 0 Å². The summed E-state index contributed by atoms with van der Waals surface area (Å²) in [4.78, 5) is 17.6. The van der Waals surface area contributed by atoms with Crippen LogP contribution in [0.2, 0.25) is 0 Å². The second-order valence-corrected chi connectivity index (χ2v) is 9.89. The predicted molar refractivity (Wildman–Crippen MR) is 122 cm³/mol. The van der Waals surface area contributed by atoms with Crippen molar-refractivity contribution >= 4 is 5.91 Å². The molecule has 4 rings (SSSR count). The number of hydrogen-bond acceptors (Lipinski definition) is 4. The molecule has 0 radical (unpaired) electrons. The minimum atomic E-state index is 0.130. The number of likely N-dealkylation sites (tertiary alicyclic amines) is 2. The summed E-state index contributed by atoms with van der Waals surface area (Å²) in [6.45, 7) is 13.7. The summed E-state index contributed by atoms with van der Waals surface area (Å²) < 4.78 is 11.6. The zero-order valence-corrected chi connectivity index (χ0v) is 19.4. The van der Waals surface area contributed by atoms with E-state index in [-0.39, 0.29) is 11.3 Å². The Labute approximate surface area is 186 Å². The average molecular weight is 425 g/mol. The Kier molecular flexibility index (Phi) is 6.42. The van der Waals surface area contributed by atoms with E-state index in [0.717, 1.165) is 81.4 Å². The zero-order valence-electron chi connectivity index (χ0n) is 19.4. The fraction of sp³-hybridized carbons (Fsp3) is 0.577. The van der Waals surface area contributed by atoms with Gasteiger partial charge >= 0.3 is 0 Å². The van der Waals surface area contributed by atoms with Crippen LogP contribution in [-0.4, -0.2) is 48.5 Å². The van der Waals surface area contributed by atoms with Gasteiger partial charge in [0.15, 0.2) is 0 Å². The molecule has 0 atom stereocenters. The molecule has 1 aromatic heterocycles. The van der Waals surface area contributed by atoms with E-state index in [0.29, 0.717) is 5.92 Å². The van der Waals surface area contributed by atoms with Crippen LogP contribution in [0.3, 0.4) is 0 Å². The third-order valence-corrected chi connectivity index (χ3v) is 6.85. The van der Waals surface area contributed by atoms with E-state index in [9.17, 15) is 4.79 Å². The lowest BCUT2D eigenvalue weighted by atomic mass is 9.77. The maximum atomic E-state index is 13.0. The molecule has 2 fully saturated rings. The van der Waals surface area contributed by atoms with Crippen LogP contribution in [0.5, 0.6) is 5.75 Å². The molecular formula is C26H36N2O3. The van der Waals surface area contributed by atoms with Gasteiger partial charge in [-0.3, -0.25) is 9.69 Å². The van der Waals surface area contributed by atoms with E-state index in [1.165, 1.54) is 5.56 Å². The Morgan fingerprint density at radius 1 is 1.13 bits per heavy atom. The van der Waals surface area contributed by atoms with Gasteiger partial charge in [0.25, 0.3) is 5.91 Å². The number of para-hydroxylation sites is 1. The van der Waals surface area contributed by atoms with Gasteiger partial charge in [-0.1, -0.05) is 32.0 Å². The lowest BCUT2D eigenvalue weighted by Crippen LogP contribution is -2.42. The largest absolute Gasteiger partial charge is 0.493 e. The van der Waals surface area contributed by atoms with Crippen molar-refractivity contribution in [2.75, 3.05) is 32.8 Å². The van der Waals surface area contributed by atoms with E-state index < -0.39 is 0 Å². The van der Waals surface area contributed by atoms with Crippen LogP contribution in [0.25, 0.3) is 0 Å². The number of amides is 1. The minimum Gasteiger partial charge on any atom is -0.493 e. The molecule has 2 aromatic rings. The molecule has 0 unspecified atom stereocenters. The van der Waals surface area contributed by atoms with E-state index in [4.69, 9.17) is 9.15 Å². The fourth-order valence-corrected chi connectivity index (χ4v) is 4.99. The summed E-state index contributed by atoms with van der Waals surface area (Å²) >= 11 is 0. The maximum Gasteiger partial charge on any atom is 0.257 e. The van der Waals surface area contributed by atoms with Crippen molar-refractivity contribution in [2.45, 2.75) is 53.5 Å². The number of carbonyl (C=O) groups excluding carboxylic acids is 1. The number of furan rings is 1. The molecule has 2 saturated heterocycles. The second kappa shape index (κ2) is 9.07. The van der Waals surface area contributed by atoms with Gasteiger partial charge < -0.3 is 14.1 Å². The van der Waals surface area contributed by atoms with Gasteiger partial charge in [-0.25, -0.2) is 0 Å². The molecule has 168 valence electrons. The van der Waals surface area contributed by atoms with Gasteiger partial charge in [0.1, 0.15) is 17.3 Å². The Morgan fingerprint density at radius 3 is 2.52 bits per heavy atom. The van der Waals surface area contributed by atoms with Crippen LogP contribution in [-0.2, 0) is 6.54 Å². The molecule has 3 heterocycles. The quantitative estimate of drug-likeness (QED) is 0.650. The van der Waals surface area contributed by atoms with Crippen LogP contribution in [0.1, 0.15) is 60.6 Å². The number of ether oxygens (including phenoxy) is 1. The first-order chi connectivity index (χ1) is 14.8. The molecule has 5 nitrogen and oxygen atoms in total. The number of rotatable bonds is 6. The van der Waals surface area contributed by atoms with E-state index in [1.54, 1.807) is 0 Å². The van der Waals surface area contributed by atoms with Crippen molar-refractivity contribution in [3.8, 4) is 5.75 Å². The average Bonchev–Trinajstić information content (AvgIpc) is 3.31. The van der Waals surface area contributed by atoms with Crippen molar-refractivity contribution in [3.63, 3.8) is 0 Å². The SMILES string of the molecule is Cc1cc(C(=O)N2CCC3(CCN(Cc4ccccc4OCC(C)C)CC3)C2)c(C)o1. The molecule has 0 bridgehead atoms. The minimum absolute atomic E-state index is 0.130. The second-order valence-electron chi connectivity index (χ2n) is 9.89. The highest BCUT2D eigenvalue weighted by atomic mass is 16.5. The number of benzene rings is 1. The van der Waals surface area contributed by atoms with Crippen molar-refractivity contribution in [2.24, 2.45) is 11.3 Å². The standard InChI is InChI=1S/C26H36N2O3/c1-19(2)17-30-24-8-6-5-7-22(24)16-27-12-9-26(10-13-27)11-14-28(18-26)25(29)23-15-20(3)31-21(23)4/h5-8,15,19H,9-14,16-18H2,1-4H3. The zero-order chi connectivity index (χ0) is 22.0. The summed E-state index contributed by atoms with van der Waals surface area (Å²) in [5, 5.41) is 0. The lowest BCUT2D eigenvalue weighted by molar-refractivity contribution is 0.0711. The van der Waals surface area contributed by atoms with Gasteiger partial charge in [-0.2, -0.15) is 0 Å². The number of aryl methyl sites for hydroxylation is 2. The van der Waals surface area contributed by atoms with Gasteiger partial charge in [0.2, 0.25) is 0 Å². The summed E-state index contributed by atoms with van der Waals surface area (Å²) in [7, 11) is 0. The summed E-state index contributed by atoms with van der Waals surface area (Å²) in [6.07, 6.45) is 3.40. The molecule has 0 saturated carbocycles. The number of carbonyl (C=O) groups is 1. The molecule has 5 heteroatoms. The predicted octanol–water partition coefficient (Wildman–Crippen LogP) is 5.06. The number of piperidine rings is 1. The van der Waals surface area contributed by atoms with E-state index >= 15 is 0 Å². The molecule has 31 heavy (non-hydrogen) atoms. The third-order valence-electron chi connectivity index (χ3n) is 6.85. The van der Waals surface area contributed by atoms with Crippen LogP contribution < -0.4 is 4.74 Å². The Bertz CT molecular complexity index is 909. The third kappa shape index (κ3) is 4.98. The Balaban J connectivity index is 1.33. The summed E-state index contributed by atoms with van der Waals surface area (Å²) in [6, 6.07) is 10.3. The maximum absolute atomic E-state index is 13.0. The smallest absolute Gasteiger partial charge is 0.257 e. The number of hydrogen-bond donors (Lipinski definition) is 0. The monoisotopic (exact) mass is 424 g/mol. The summed E-state index contributed by atoms with van der Waals surface area (Å²) in [5.74, 6) is 3.20. The summed E-state index contributed by atoms with van der Waals surface area (Å²) in [5.41, 5.74) is 2.27.